The highest BCUT2D eigenvalue weighted by Gasteiger charge is 2.40. The lowest BCUT2D eigenvalue weighted by Crippen LogP contribution is -2.46. The number of carbonyl (C=O) groups excluding carboxylic acids is 2. The summed E-state index contributed by atoms with van der Waals surface area (Å²) in [6.45, 7) is -0.151. The van der Waals surface area contributed by atoms with Gasteiger partial charge in [0.25, 0.3) is 5.92 Å². The summed E-state index contributed by atoms with van der Waals surface area (Å²) in [4.78, 5) is 26.9. The van der Waals surface area contributed by atoms with Gasteiger partial charge in [-0.2, -0.15) is 0 Å². The Hall–Kier alpha value is -2.18. The number of urea groups is 1. The van der Waals surface area contributed by atoms with Crippen LogP contribution in [0.3, 0.4) is 0 Å². The molecule has 0 aromatic heterocycles. The Labute approximate surface area is 133 Å². The Morgan fingerprint density at radius 3 is 2.74 bits per heavy atom. The molecule has 23 heavy (non-hydrogen) atoms. The Kier molecular flexibility index (Phi) is 4.19. The molecule has 1 fully saturated rings. The minimum absolute atomic E-state index is 0.0135. The smallest absolute Gasteiger partial charge is 0.318 e. The van der Waals surface area contributed by atoms with E-state index in [0.29, 0.717) is 6.54 Å². The van der Waals surface area contributed by atoms with Gasteiger partial charge < -0.3 is 15.1 Å². The highest BCUT2D eigenvalue weighted by molar-refractivity contribution is 5.97. The molecule has 0 saturated carbocycles. The third kappa shape index (κ3) is 3.43. The highest BCUT2D eigenvalue weighted by atomic mass is 19.3. The summed E-state index contributed by atoms with van der Waals surface area (Å²) in [6.07, 6.45) is 1.47. The molecule has 2 aliphatic heterocycles. The van der Waals surface area contributed by atoms with Crippen LogP contribution in [0.5, 0.6) is 0 Å². The van der Waals surface area contributed by atoms with Gasteiger partial charge in [-0.1, -0.05) is 18.2 Å². The van der Waals surface area contributed by atoms with Crippen molar-refractivity contribution < 1.29 is 18.4 Å². The lowest BCUT2D eigenvalue weighted by Gasteiger charge is -2.29. The Bertz CT molecular complexity index is 621. The van der Waals surface area contributed by atoms with Crippen LogP contribution in [0.4, 0.5) is 19.3 Å². The van der Waals surface area contributed by atoms with Crippen LogP contribution in [0.2, 0.25) is 0 Å². The zero-order valence-corrected chi connectivity index (χ0v) is 12.7. The number of hydrogen-bond donors (Lipinski definition) is 1. The number of carbonyl (C=O) groups is 2. The van der Waals surface area contributed by atoms with Crippen molar-refractivity contribution in [2.24, 2.45) is 0 Å². The van der Waals surface area contributed by atoms with E-state index in [0.717, 1.165) is 29.0 Å². The molecule has 3 amide bonds. The summed E-state index contributed by atoms with van der Waals surface area (Å²) >= 11 is 0. The Morgan fingerprint density at radius 2 is 2.00 bits per heavy atom. The van der Waals surface area contributed by atoms with Crippen LogP contribution >= 0.6 is 0 Å². The molecule has 2 aliphatic rings. The van der Waals surface area contributed by atoms with Gasteiger partial charge in [0.05, 0.1) is 13.1 Å². The van der Waals surface area contributed by atoms with Crippen LogP contribution in [-0.2, 0) is 11.2 Å². The topological polar surface area (TPSA) is 52.7 Å². The zero-order valence-electron chi connectivity index (χ0n) is 12.7. The van der Waals surface area contributed by atoms with E-state index in [1.54, 1.807) is 4.90 Å². The minimum Gasteiger partial charge on any atom is -0.329 e. The summed E-state index contributed by atoms with van der Waals surface area (Å²) in [6, 6.07) is 7.06. The maximum atomic E-state index is 13.1. The van der Waals surface area contributed by atoms with Crippen molar-refractivity contribution in [2.75, 3.05) is 31.1 Å². The van der Waals surface area contributed by atoms with Gasteiger partial charge in [0, 0.05) is 25.2 Å². The van der Waals surface area contributed by atoms with Crippen LogP contribution in [-0.4, -0.2) is 48.9 Å². The maximum Gasteiger partial charge on any atom is 0.318 e. The number of alkyl halides is 2. The monoisotopic (exact) mass is 323 g/mol. The minimum atomic E-state index is -2.83. The number of likely N-dealkylation sites (tertiary alicyclic amines) is 1. The molecule has 0 unspecified atom stereocenters. The predicted octanol–water partition coefficient (Wildman–Crippen LogP) is 2.02. The second kappa shape index (κ2) is 6.14. The molecule has 0 bridgehead atoms. The number of aryl methyl sites for hydroxylation is 1. The summed E-state index contributed by atoms with van der Waals surface area (Å²) in [7, 11) is 0. The number of nitrogens with one attached hydrogen (secondary N) is 1. The largest absolute Gasteiger partial charge is 0.329 e. The number of halogens is 2. The fourth-order valence-electron chi connectivity index (χ4n) is 3.06. The van der Waals surface area contributed by atoms with E-state index in [2.05, 4.69) is 5.32 Å². The van der Waals surface area contributed by atoms with Crippen LogP contribution in [0, 0.1) is 0 Å². The zero-order chi connectivity index (χ0) is 16.4. The maximum absolute atomic E-state index is 13.1. The second-order valence-corrected chi connectivity index (χ2v) is 5.96. The number of benzene rings is 1. The van der Waals surface area contributed by atoms with Gasteiger partial charge in [-0.05, 0) is 24.5 Å². The van der Waals surface area contributed by atoms with E-state index in [4.69, 9.17) is 0 Å². The van der Waals surface area contributed by atoms with Crippen molar-refractivity contribution in [1.29, 1.82) is 0 Å². The lowest BCUT2D eigenvalue weighted by atomic mass is 10.0. The highest BCUT2D eigenvalue weighted by Crippen LogP contribution is 2.27. The lowest BCUT2D eigenvalue weighted by molar-refractivity contribution is -0.117. The van der Waals surface area contributed by atoms with Crippen molar-refractivity contribution >= 4 is 17.6 Å². The molecule has 1 saturated heterocycles. The first-order valence-corrected chi connectivity index (χ1v) is 7.75. The summed E-state index contributed by atoms with van der Waals surface area (Å²) in [5.74, 6) is -3.05. The van der Waals surface area contributed by atoms with E-state index in [-0.39, 0.29) is 25.4 Å². The van der Waals surface area contributed by atoms with E-state index in [9.17, 15) is 18.4 Å². The molecule has 5 nitrogen and oxygen atoms in total. The number of nitrogens with zero attached hydrogens (tertiary/aromatic N) is 2. The number of para-hydroxylation sites is 1. The van der Waals surface area contributed by atoms with Crippen molar-refractivity contribution in [3.63, 3.8) is 0 Å². The van der Waals surface area contributed by atoms with Crippen molar-refractivity contribution in [2.45, 2.75) is 25.2 Å². The molecule has 1 aromatic carbocycles. The van der Waals surface area contributed by atoms with Gasteiger partial charge in [-0.3, -0.25) is 4.79 Å². The van der Waals surface area contributed by atoms with E-state index >= 15 is 0 Å². The fraction of sp³-hybridized carbons (Fsp3) is 0.500. The van der Waals surface area contributed by atoms with Crippen molar-refractivity contribution in [3.8, 4) is 0 Å². The molecule has 0 aliphatic carbocycles. The molecule has 1 N–H and O–H groups in total. The van der Waals surface area contributed by atoms with Gasteiger partial charge in [-0.15, -0.1) is 0 Å². The van der Waals surface area contributed by atoms with E-state index in [1.165, 1.54) is 0 Å². The molecule has 3 rings (SSSR count). The van der Waals surface area contributed by atoms with Crippen molar-refractivity contribution in [3.05, 3.63) is 29.8 Å². The van der Waals surface area contributed by atoms with Crippen LogP contribution in [0.15, 0.2) is 24.3 Å². The molecular formula is C16H19F2N3O2. The number of amides is 3. The van der Waals surface area contributed by atoms with Crippen LogP contribution < -0.4 is 10.2 Å². The number of rotatable bonds is 2. The molecular weight excluding hydrogens is 304 g/mol. The standard InChI is InChI=1S/C16H19F2N3O2/c17-16(18)7-9-20(11-16)15(23)19-10-14(22)21-8-3-5-12-4-1-2-6-13(12)21/h1-2,4,6H,3,5,7-11H2,(H,19,23). The van der Waals surface area contributed by atoms with E-state index < -0.39 is 18.5 Å². The summed E-state index contributed by atoms with van der Waals surface area (Å²) in [5, 5.41) is 2.45. The Morgan fingerprint density at radius 1 is 1.22 bits per heavy atom. The average molecular weight is 323 g/mol. The van der Waals surface area contributed by atoms with Crippen LogP contribution in [0.25, 0.3) is 0 Å². The number of hydrogen-bond acceptors (Lipinski definition) is 2. The molecule has 0 radical (unpaired) electrons. The normalized spacial score (nSPS) is 19.4. The van der Waals surface area contributed by atoms with E-state index in [1.807, 2.05) is 24.3 Å². The van der Waals surface area contributed by atoms with Gasteiger partial charge >= 0.3 is 6.03 Å². The third-order valence-electron chi connectivity index (χ3n) is 4.26. The summed E-state index contributed by atoms with van der Waals surface area (Å²) < 4.78 is 26.2. The van der Waals surface area contributed by atoms with Gasteiger partial charge in [0.1, 0.15) is 0 Å². The first-order valence-electron chi connectivity index (χ1n) is 7.75. The molecule has 2 heterocycles. The first-order chi connectivity index (χ1) is 11.0. The molecule has 1 aromatic rings. The summed E-state index contributed by atoms with van der Waals surface area (Å²) in [5.41, 5.74) is 1.98. The Balaban J connectivity index is 1.57. The second-order valence-electron chi connectivity index (χ2n) is 5.96. The van der Waals surface area contributed by atoms with Gasteiger partial charge in [0.15, 0.2) is 0 Å². The molecule has 0 atom stereocenters. The molecule has 0 spiro atoms. The average Bonchev–Trinajstić information content (AvgIpc) is 2.92. The number of fused-ring (bicyclic) bond motifs is 1. The SMILES string of the molecule is O=C(NCC(=O)N1CCCc2ccccc21)N1CCC(F)(F)C1. The first kappa shape index (κ1) is 15.7. The number of anilines is 1. The van der Waals surface area contributed by atoms with Gasteiger partial charge in [0.2, 0.25) is 5.91 Å². The molecule has 7 heteroatoms. The third-order valence-corrected chi connectivity index (χ3v) is 4.26. The predicted molar refractivity (Wildman–Crippen MR) is 81.7 cm³/mol. The van der Waals surface area contributed by atoms with Crippen LogP contribution in [0.1, 0.15) is 18.4 Å². The van der Waals surface area contributed by atoms with Crippen molar-refractivity contribution in [1.82, 2.24) is 10.2 Å². The van der Waals surface area contributed by atoms with Gasteiger partial charge in [-0.25, -0.2) is 13.6 Å². The fourth-order valence-corrected chi connectivity index (χ4v) is 3.06. The molecule has 124 valence electrons. The quantitative estimate of drug-likeness (QED) is 0.905.